The Morgan fingerprint density at radius 3 is 2.72 bits per heavy atom. The van der Waals surface area contributed by atoms with E-state index in [0.717, 1.165) is 11.3 Å². The number of hydrogen-bond donors (Lipinski definition) is 2. The van der Waals surface area contributed by atoms with Gasteiger partial charge in [0.25, 0.3) is 0 Å². The molecule has 0 bridgehead atoms. The smallest absolute Gasteiger partial charge is 0.345 e. The fraction of sp³-hybridized carbons (Fsp3) is 0.500. The van der Waals surface area contributed by atoms with Crippen LogP contribution in [0.4, 0.5) is 0 Å². The Labute approximate surface area is 110 Å². The minimum atomic E-state index is -3.67. The highest BCUT2D eigenvalue weighted by atomic mass is 32.2. The number of hydrogen-bond acceptors (Lipinski definition) is 5. The minimum absolute atomic E-state index is 0.0117. The van der Waals surface area contributed by atoms with Gasteiger partial charge >= 0.3 is 5.97 Å². The Bertz CT molecular complexity index is 520. The van der Waals surface area contributed by atoms with Crippen LogP contribution in [-0.4, -0.2) is 39.3 Å². The van der Waals surface area contributed by atoms with E-state index in [1.165, 1.54) is 6.07 Å². The first kappa shape index (κ1) is 15.1. The second-order valence-corrected chi connectivity index (χ2v) is 6.42. The number of aromatic carboxylic acids is 1. The largest absolute Gasteiger partial charge is 0.477 e. The van der Waals surface area contributed by atoms with Gasteiger partial charge in [0.15, 0.2) is 0 Å². The minimum Gasteiger partial charge on any atom is -0.477 e. The second-order valence-electron chi connectivity index (χ2n) is 3.43. The summed E-state index contributed by atoms with van der Waals surface area (Å²) in [6.45, 7) is 4.35. The van der Waals surface area contributed by atoms with Crippen molar-refractivity contribution in [2.45, 2.75) is 18.7 Å². The zero-order valence-corrected chi connectivity index (χ0v) is 11.7. The van der Waals surface area contributed by atoms with Crippen molar-refractivity contribution in [1.82, 2.24) is 4.72 Å². The number of rotatable bonds is 7. The summed E-state index contributed by atoms with van der Waals surface area (Å²) in [5.41, 5.74) is 0. The number of nitrogens with one attached hydrogen (secondary N) is 1. The van der Waals surface area contributed by atoms with E-state index in [1.807, 2.05) is 6.92 Å². The van der Waals surface area contributed by atoms with E-state index in [2.05, 4.69) is 4.72 Å². The molecule has 2 N–H and O–H groups in total. The van der Waals surface area contributed by atoms with Crippen LogP contribution in [0, 0.1) is 6.92 Å². The van der Waals surface area contributed by atoms with Crippen molar-refractivity contribution in [3.8, 4) is 0 Å². The first-order valence-corrected chi connectivity index (χ1v) is 7.59. The summed E-state index contributed by atoms with van der Waals surface area (Å²) >= 11 is 0.943. The van der Waals surface area contributed by atoms with Crippen molar-refractivity contribution in [2.75, 3.05) is 19.8 Å². The van der Waals surface area contributed by atoms with E-state index in [-0.39, 0.29) is 22.9 Å². The lowest BCUT2D eigenvalue weighted by Crippen LogP contribution is -2.27. The van der Waals surface area contributed by atoms with Gasteiger partial charge in [-0.2, -0.15) is 0 Å². The Morgan fingerprint density at radius 1 is 1.56 bits per heavy atom. The van der Waals surface area contributed by atoms with Crippen LogP contribution < -0.4 is 4.72 Å². The quantitative estimate of drug-likeness (QED) is 0.734. The van der Waals surface area contributed by atoms with Gasteiger partial charge in [0, 0.05) is 18.0 Å². The van der Waals surface area contributed by atoms with Gasteiger partial charge in [0.05, 0.1) is 11.5 Å². The molecule has 0 aliphatic heterocycles. The molecule has 0 aliphatic carbocycles. The summed E-state index contributed by atoms with van der Waals surface area (Å²) in [4.78, 5) is 11.2. The fourth-order valence-electron chi connectivity index (χ4n) is 1.31. The monoisotopic (exact) mass is 293 g/mol. The van der Waals surface area contributed by atoms with Crippen molar-refractivity contribution in [3.05, 3.63) is 15.8 Å². The van der Waals surface area contributed by atoms with E-state index in [0.29, 0.717) is 11.5 Å². The van der Waals surface area contributed by atoms with Crippen LogP contribution in [0.25, 0.3) is 0 Å². The van der Waals surface area contributed by atoms with Gasteiger partial charge in [-0.1, -0.05) is 0 Å². The number of sulfonamides is 1. The first-order chi connectivity index (χ1) is 8.38. The molecule has 8 heteroatoms. The molecule has 0 aliphatic rings. The highest BCUT2D eigenvalue weighted by molar-refractivity contribution is 7.89. The molecule has 0 fully saturated rings. The molecule has 0 aromatic carbocycles. The molecule has 1 aromatic heterocycles. The average Bonchev–Trinajstić information content (AvgIpc) is 2.68. The molecular weight excluding hydrogens is 278 g/mol. The van der Waals surface area contributed by atoms with E-state index >= 15 is 0 Å². The fourth-order valence-corrected chi connectivity index (χ4v) is 3.75. The predicted octanol–water partition coefficient (Wildman–Crippen LogP) is 1.07. The molecular formula is C10H15NO5S2. The molecule has 1 aromatic rings. The van der Waals surface area contributed by atoms with Crippen LogP contribution in [0.15, 0.2) is 11.0 Å². The van der Waals surface area contributed by atoms with E-state index in [9.17, 15) is 13.2 Å². The maximum absolute atomic E-state index is 11.9. The highest BCUT2D eigenvalue weighted by Crippen LogP contribution is 2.25. The molecule has 1 rings (SSSR count). The highest BCUT2D eigenvalue weighted by Gasteiger charge is 2.21. The van der Waals surface area contributed by atoms with Crippen molar-refractivity contribution in [2.24, 2.45) is 0 Å². The maximum atomic E-state index is 11.9. The van der Waals surface area contributed by atoms with Crippen molar-refractivity contribution in [3.63, 3.8) is 0 Å². The van der Waals surface area contributed by atoms with Gasteiger partial charge in [0.2, 0.25) is 10.0 Å². The standard InChI is InChI=1S/C10H15NO5S2/c1-3-16-5-4-11-18(14,15)9-6-8(10(12)13)17-7(9)2/h6,11H,3-5H2,1-2H3,(H,12,13). The third-order valence-electron chi connectivity index (χ3n) is 2.12. The maximum Gasteiger partial charge on any atom is 0.345 e. The zero-order chi connectivity index (χ0) is 13.8. The van der Waals surface area contributed by atoms with Crippen LogP contribution in [0.3, 0.4) is 0 Å². The molecule has 0 amide bonds. The third-order valence-corrected chi connectivity index (χ3v) is 4.87. The number of ether oxygens (including phenoxy) is 1. The van der Waals surface area contributed by atoms with Crippen LogP contribution in [0.1, 0.15) is 21.5 Å². The predicted molar refractivity (Wildman–Crippen MR) is 67.7 cm³/mol. The first-order valence-electron chi connectivity index (χ1n) is 5.29. The van der Waals surface area contributed by atoms with Gasteiger partial charge in [-0.25, -0.2) is 17.9 Å². The molecule has 102 valence electrons. The van der Waals surface area contributed by atoms with E-state index in [4.69, 9.17) is 9.84 Å². The van der Waals surface area contributed by atoms with Gasteiger partial charge in [-0.3, -0.25) is 0 Å². The normalized spacial score (nSPS) is 11.7. The van der Waals surface area contributed by atoms with Crippen LogP contribution in [0.2, 0.25) is 0 Å². The number of carboxylic acids is 1. The lowest BCUT2D eigenvalue weighted by molar-refractivity contribution is 0.0702. The van der Waals surface area contributed by atoms with Crippen LogP contribution >= 0.6 is 11.3 Å². The van der Waals surface area contributed by atoms with Gasteiger partial charge in [-0.05, 0) is 19.9 Å². The van der Waals surface area contributed by atoms with Gasteiger partial charge in [0.1, 0.15) is 4.88 Å². The number of carboxylic acid groups (broad SMARTS) is 1. The molecule has 0 saturated carbocycles. The number of carbonyl (C=O) groups is 1. The average molecular weight is 293 g/mol. The summed E-state index contributed by atoms with van der Waals surface area (Å²) < 4.78 is 31.2. The van der Waals surface area contributed by atoms with E-state index < -0.39 is 16.0 Å². The number of thiophene rings is 1. The molecule has 6 nitrogen and oxygen atoms in total. The second kappa shape index (κ2) is 6.28. The molecule has 0 saturated heterocycles. The molecule has 0 atom stereocenters. The summed E-state index contributed by atoms with van der Waals surface area (Å²) in [7, 11) is -3.67. The van der Waals surface area contributed by atoms with Gasteiger partial charge < -0.3 is 9.84 Å². The molecule has 0 radical (unpaired) electrons. The van der Waals surface area contributed by atoms with Crippen molar-refractivity contribution < 1.29 is 23.1 Å². The SMILES string of the molecule is CCOCCNS(=O)(=O)c1cc(C(=O)O)sc1C. The summed E-state index contributed by atoms with van der Waals surface area (Å²) in [6.07, 6.45) is 0. The Morgan fingerprint density at radius 2 is 2.22 bits per heavy atom. The lowest BCUT2D eigenvalue weighted by atomic mass is 10.4. The molecule has 18 heavy (non-hydrogen) atoms. The van der Waals surface area contributed by atoms with Gasteiger partial charge in [-0.15, -0.1) is 11.3 Å². The summed E-state index contributed by atoms with van der Waals surface area (Å²) in [6, 6.07) is 1.17. The molecule has 0 spiro atoms. The van der Waals surface area contributed by atoms with Crippen molar-refractivity contribution in [1.29, 1.82) is 0 Å². The summed E-state index contributed by atoms with van der Waals surface area (Å²) in [5.74, 6) is -1.13. The zero-order valence-electron chi connectivity index (χ0n) is 10.1. The van der Waals surface area contributed by atoms with Crippen LogP contribution in [-0.2, 0) is 14.8 Å². The number of aryl methyl sites for hydroxylation is 1. The molecule has 0 unspecified atom stereocenters. The summed E-state index contributed by atoms with van der Waals surface area (Å²) in [5, 5.41) is 8.81. The lowest BCUT2D eigenvalue weighted by Gasteiger charge is -2.05. The Hall–Kier alpha value is -0.960. The Balaban J connectivity index is 2.81. The van der Waals surface area contributed by atoms with Crippen molar-refractivity contribution >= 4 is 27.3 Å². The molecule has 1 heterocycles. The van der Waals surface area contributed by atoms with E-state index in [1.54, 1.807) is 6.92 Å². The Kier molecular flexibility index (Phi) is 5.27. The topological polar surface area (TPSA) is 92.7 Å². The van der Waals surface area contributed by atoms with Crippen LogP contribution in [0.5, 0.6) is 0 Å². The third kappa shape index (κ3) is 3.77.